The Morgan fingerprint density at radius 3 is 2.42 bits per heavy atom. The maximum absolute atomic E-state index is 12.1. The van der Waals surface area contributed by atoms with Gasteiger partial charge in [0, 0.05) is 18.8 Å². The molecule has 0 atom stereocenters. The van der Waals surface area contributed by atoms with Crippen LogP contribution in [0.3, 0.4) is 0 Å². The van der Waals surface area contributed by atoms with Crippen LogP contribution in [-0.2, 0) is 28.4 Å². The fourth-order valence-corrected chi connectivity index (χ4v) is 2.79. The number of aromatic nitrogens is 1. The third-order valence-corrected chi connectivity index (χ3v) is 4.76. The molecule has 0 aliphatic rings. The number of amides is 1. The zero-order chi connectivity index (χ0) is 17.9. The predicted molar refractivity (Wildman–Crippen MR) is 85.7 cm³/mol. The van der Waals surface area contributed by atoms with Crippen LogP contribution in [0.4, 0.5) is 0 Å². The summed E-state index contributed by atoms with van der Waals surface area (Å²) in [6.45, 7) is -0.0167. The lowest BCUT2D eigenvalue weighted by Gasteiger charge is -2.06. The summed E-state index contributed by atoms with van der Waals surface area (Å²) in [5.41, 5.74) is 6.28. The van der Waals surface area contributed by atoms with Crippen molar-refractivity contribution in [3.8, 4) is 0 Å². The van der Waals surface area contributed by atoms with E-state index in [-0.39, 0.29) is 17.2 Å². The number of hydrogen-bond donors (Lipinski definition) is 2. The number of carbonyl (C=O) groups excluding carboxylic acids is 2. The molecule has 0 saturated carbocycles. The Kier molecular flexibility index (Phi) is 5.05. The number of aryl methyl sites for hydroxylation is 1. The van der Waals surface area contributed by atoms with Crippen molar-refractivity contribution in [1.82, 2.24) is 9.29 Å². The van der Waals surface area contributed by atoms with Gasteiger partial charge in [-0.3, -0.25) is 4.79 Å². The van der Waals surface area contributed by atoms with Crippen molar-refractivity contribution in [2.24, 2.45) is 12.8 Å². The molecule has 0 aliphatic heterocycles. The van der Waals surface area contributed by atoms with E-state index in [2.05, 4.69) is 4.72 Å². The Hall–Kier alpha value is -2.65. The molecule has 0 radical (unpaired) electrons. The highest BCUT2D eigenvalue weighted by Gasteiger charge is 2.20. The molecule has 1 amide bonds. The summed E-state index contributed by atoms with van der Waals surface area (Å²) in [5, 5.41) is 0. The van der Waals surface area contributed by atoms with E-state index in [1.54, 1.807) is 19.2 Å². The van der Waals surface area contributed by atoms with E-state index < -0.39 is 21.9 Å². The highest BCUT2D eigenvalue weighted by atomic mass is 32.2. The maximum atomic E-state index is 12.1. The maximum Gasteiger partial charge on any atom is 0.355 e. The number of esters is 1. The van der Waals surface area contributed by atoms with E-state index in [9.17, 15) is 18.0 Å². The molecule has 0 fully saturated rings. The molecule has 0 aliphatic carbocycles. The van der Waals surface area contributed by atoms with E-state index in [1.165, 1.54) is 36.0 Å². The highest BCUT2D eigenvalue weighted by molar-refractivity contribution is 7.89. The van der Waals surface area contributed by atoms with Gasteiger partial charge in [0.2, 0.25) is 15.9 Å². The first-order valence-corrected chi connectivity index (χ1v) is 8.38. The Labute approximate surface area is 139 Å². The summed E-state index contributed by atoms with van der Waals surface area (Å²) in [4.78, 5) is 23.1. The molecular weight excluding hydrogens is 334 g/mol. The summed E-state index contributed by atoms with van der Waals surface area (Å²) in [6, 6.07) is 7.55. The van der Waals surface area contributed by atoms with E-state index in [0.29, 0.717) is 11.1 Å². The van der Waals surface area contributed by atoms with Gasteiger partial charge in [-0.1, -0.05) is 12.1 Å². The van der Waals surface area contributed by atoms with Crippen LogP contribution in [-0.4, -0.2) is 31.9 Å². The molecule has 0 spiro atoms. The van der Waals surface area contributed by atoms with Gasteiger partial charge in [-0.05, 0) is 30.8 Å². The number of carbonyl (C=O) groups is 2. The summed E-state index contributed by atoms with van der Waals surface area (Å²) in [5.74, 6) is -1.20. The van der Waals surface area contributed by atoms with Gasteiger partial charge >= 0.3 is 5.97 Å². The predicted octanol–water partition coefficient (Wildman–Crippen LogP) is 0.389. The molecule has 1 aromatic heterocycles. The number of primary amides is 1. The van der Waals surface area contributed by atoms with Crippen LogP contribution in [0, 0.1) is 0 Å². The molecule has 1 heterocycles. The third kappa shape index (κ3) is 3.81. The van der Waals surface area contributed by atoms with Crippen LogP contribution in [0.5, 0.6) is 0 Å². The van der Waals surface area contributed by atoms with Crippen molar-refractivity contribution >= 4 is 21.9 Å². The molecule has 0 saturated heterocycles. The zero-order valence-corrected chi connectivity index (χ0v) is 14.0. The van der Waals surface area contributed by atoms with Crippen LogP contribution >= 0.6 is 0 Å². The van der Waals surface area contributed by atoms with Gasteiger partial charge in [-0.25, -0.2) is 17.9 Å². The molecule has 8 nitrogen and oxygen atoms in total. The molecule has 1 aromatic carbocycles. The Morgan fingerprint density at radius 2 is 1.88 bits per heavy atom. The summed E-state index contributed by atoms with van der Waals surface area (Å²) < 4.78 is 32.2. The van der Waals surface area contributed by atoms with Crippen LogP contribution in [0.15, 0.2) is 41.4 Å². The minimum Gasteiger partial charge on any atom is -0.456 e. The summed E-state index contributed by atoms with van der Waals surface area (Å²) >= 11 is 0. The lowest BCUT2D eigenvalue weighted by atomic mass is 10.1. The van der Waals surface area contributed by atoms with Crippen LogP contribution in [0.25, 0.3) is 0 Å². The number of nitrogens with one attached hydrogen (secondary N) is 1. The molecule has 2 rings (SSSR count). The van der Waals surface area contributed by atoms with Crippen LogP contribution in [0.1, 0.15) is 26.4 Å². The molecule has 3 N–H and O–H groups in total. The van der Waals surface area contributed by atoms with Gasteiger partial charge in [0.25, 0.3) is 0 Å². The molecule has 0 bridgehead atoms. The van der Waals surface area contributed by atoms with E-state index >= 15 is 0 Å². The van der Waals surface area contributed by atoms with Gasteiger partial charge in [0.15, 0.2) is 0 Å². The second-order valence-corrected chi connectivity index (χ2v) is 6.90. The van der Waals surface area contributed by atoms with E-state index in [4.69, 9.17) is 10.5 Å². The molecule has 0 unspecified atom stereocenters. The Bertz CT molecular complexity index is 869. The average molecular weight is 351 g/mol. The minimum atomic E-state index is -3.64. The van der Waals surface area contributed by atoms with E-state index in [1.807, 2.05) is 0 Å². The largest absolute Gasteiger partial charge is 0.456 e. The number of nitrogens with zero attached hydrogens (tertiary/aromatic N) is 1. The first-order chi connectivity index (χ1) is 11.2. The molecule has 2 aromatic rings. The normalized spacial score (nSPS) is 11.2. The summed E-state index contributed by atoms with van der Waals surface area (Å²) in [6.07, 6.45) is 1.32. The van der Waals surface area contributed by atoms with Crippen molar-refractivity contribution in [2.75, 3.05) is 7.05 Å². The summed E-state index contributed by atoms with van der Waals surface area (Å²) in [7, 11) is -0.799. The van der Waals surface area contributed by atoms with Crippen molar-refractivity contribution in [1.29, 1.82) is 0 Å². The van der Waals surface area contributed by atoms with Crippen LogP contribution in [0.2, 0.25) is 0 Å². The molecule has 9 heteroatoms. The fourth-order valence-electron chi connectivity index (χ4n) is 1.99. The Balaban J connectivity index is 2.09. The molecular formula is C15H17N3O5S. The minimum absolute atomic E-state index is 0.0167. The lowest BCUT2D eigenvalue weighted by molar-refractivity contribution is 0.0461. The second-order valence-electron chi connectivity index (χ2n) is 5.02. The van der Waals surface area contributed by atoms with Gasteiger partial charge in [0.1, 0.15) is 17.2 Å². The topological polar surface area (TPSA) is 120 Å². The smallest absolute Gasteiger partial charge is 0.355 e. The van der Waals surface area contributed by atoms with Crippen molar-refractivity contribution < 1.29 is 22.7 Å². The second kappa shape index (κ2) is 6.85. The number of hydrogen-bond acceptors (Lipinski definition) is 5. The SMILES string of the molecule is CNS(=O)(=O)c1cc(C(=O)OCc2ccc(C(N)=O)cc2)n(C)c1. The monoisotopic (exact) mass is 351 g/mol. The van der Waals surface area contributed by atoms with Gasteiger partial charge in [-0.15, -0.1) is 0 Å². The molecule has 128 valence electrons. The van der Waals surface area contributed by atoms with Gasteiger partial charge in [0.05, 0.1) is 0 Å². The fraction of sp³-hybridized carbons (Fsp3) is 0.200. The number of sulfonamides is 1. The third-order valence-electron chi connectivity index (χ3n) is 3.38. The number of ether oxygens (including phenoxy) is 1. The number of benzene rings is 1. The lowest BCUT2D eigenvalue weighted by Crippen LogP contribution is -2.17. The first kappa shape index (κ1) is 17.7. The molecule has 24 heavy (non-hydrogen) atoms. The standard InChI is InChI=1S/C15H17N3O5S/c1-17-24(21,22)12-7-13(18(2)8-12)15(20)23-9-10-3-5-11(6-4-10)14(16)19/h3-8,17H,9H2,1-2H3,(H2,16,19). The Morgan fingerprint density at radius 1 is 1.25 bits per heavy atom. The van der Waals surface area contributed by atoms with Gasteiger partial charge in [-0.2, -0.15) is 0 Å². The number of nitrogens with two attached hydrogens (primary N) is 1. The quantitative estimate of drug-likeness (QED) is 0.729. The number of rotatable bonds is 6. The van der Waals surface area contributed by atoms with Crippen molar-refractivity contribution in [2.45, 2.75) is 11.5 Å². The van der Waals surface area contributed by atoms with Crippen molar-refractivity contribution in [3.63, 3.8) is 0 Å². The van der Waals surface area contributed by atoms with E-state index in [0.717, 1.165) is 0 Å². The van der Waals surface area contributed by atoms with Crippen molar-refractivity contribution in [3.05, 3.63) is 53.3 Å². The van der Waals surface area contributed by atoms with Crippen LogP contribution < -0.4 is 10.5 Å². The average Bonchev–Trinajstić information content (AvgIpc) is 2.95. The van der Waals surface area contributed by atoms with Gasteiger partial charge < -0.3 is 15.0 Å². The first-order valence-electron chi connectivity index (χ1n) is 6.90. The zero-order valence-electron chi connectivity index (χ0n) is 13.1. The highest BCUT2D eigenvalue weighted by Crippen LogP contribution is 2.15.